The van der Waals surface area contributed by atoms with Crippen LogP contribution in [0.25, 0.3) is 5.69 Å². The minimum atomic E-state index is -3.87. The van der Waals surface area contributed by atoms with Crippen molar-refractivity contribution in [2.24, 2.45) is 0 Å². The summed E-state index contributed by atoms with van der Waals surface area (Å²) in [6, 6.07) is 0. The van der Waals surface area contributed by atoms with Crippen LogP contribution in [0.5, 0.6) is 11.8 Å². The molecule has 2 fully saturated rings. The van der Waals surface area contributed by atoms with E-state index in [-0.39, 0.29) is 48.3 Å². The Morgan fingerprint density at radius 2 is 1.78 bits per heavy atom. The van der Waals surface area contributed by atoms with Gasteiger partial charge in [-0.3, -0.25) is 4.57 Å². The molecule has 41 heavy (non-hydrogen) atoms. The molecule has 0 radical (unpaired) electrons. The zero-order valence-electron chi connectivity index (χ0n) is 23.3. The highest BCUT2D eigenvalue weighted by Crippen LogP contribution is 2.36. The molecule has 5 heterocycles. The Morgan fingerprint density at radius 1 is 1.07 bits per heavy atom. The largest absolute Gasteiger partial charge is 0.479 e. The predicted molar refractivity (Wildman–Crippen MR) is 143 cm³/mol. The molecule has 0 unspecified atom stereocenters. The SMILES string of the molecule is COc1ncnc(OC)c1-n1c(CS(=O)(=O)[C@H]2C[C@@H](OC(C)C)CN(c3ncc(F)cn3)C2)nnc1[C@H]1CCCO1. The van der Waals surface area contributed by atoms with E-state index < -0.39 is 38.9 Å². The van der Waals surface area contributed by atoms with E-state index >= 15 is 0 Å². The van der Waals surface area contributed by atoms with Crippen molar-refractivity contribution in [1.29, 1.82) is 0 Å². The Hall–Kier alpha value is -3.50. The Labute approximate surface area is 237 Å². The first kappa shape index (κ1) is 29.0. The normalized spacial score (nSPS) is 21.4. The van der Waals surface area contributed by atoms with E-state index in [0.29, 0.717) is 25.4 Å². The number of nitrogens with zero attached hydrogens (tertiary/aromatic N) is 8. The summed E-state index contributed by atoms with van der Waals surface area (Å²) in [6.45, 7) is 4.78. The number of anilines is 1. The maximum atomic E-state index is 14.1. The molecule has 0 saturated carbocycles. The molecule has 0 amide bonds. The predicted octanol–water partition coefficient (Wildman–Crippen LogP) is 1.84. The van der Waals surface area contributed by atoms with Crippen molar-refractivity contribution >= 4 is 15.8 Å². The smallest absolute Gasteiger partial charge is 0.245 e. The molecular formula is C25H33FN8O6S. The molecule has 3 aromatic heterocycles. The van der Waals surface area contributed by atoms with E-state index in [0.717, 1.165) is 18.8 Å². The zero-order chi connectivity index (χ0) is 29.1. The second kappa shape index (κ2) is 12.2. The molecule has 14 nitrogen and oxygen atoms in total. The summed E-state index contributed by atoms with van der Waals surface area (Å²) >= 11 is 0. The van der Waals surface area contributed by atoms with Gasteiger partial charge in [0.05, 0.1) is 44.1 Å². The number of ether oxygens (including phenoxy) is 4. The Bertz CT molecular complexity index is 1430. The van der Waals surface area contributed by atoms with Crippen LogP contribution in [-0.4, -0.2) is 94.5 Å². The third-order valence-electron chi connectivity index (χ3n) is 6.90. The number of halogens is 1. The lowest BCUT2D eigenvalue weighted by Crippen LogP contribution is -2.51. The Balaban J connectivity index is 1.52. The molecule has 222 valence electrons. The van der Waals surface area contributed by atoms with Crippen LogP contribution >= 0.6 is 0 Å². The van der Waals surface area contributed by atoms with Gasteiger partial charge >= 0.3 is 0 Å². The standard InChI is InChI=1S/C25H33FN8O6S/c1-15(2)40-17-8-18(12-33(11-17)25-27-9-16(26)10-28-25)41(35,36)13-20-31-32-22(19-6-5-7-39-19)34(20)21-23(37-3)29-14-30-24(21)38-4/h9-10,14-15,17-19H,5-8,11-13H2,1-4H3/t17-,18+,19-/m1/s1. The lowest BCUT2D eigenvalue weighted by atomic mass is 10.1. The van der Waals surface area contributed by atoms with Gasteiger partial charge in [0.2, 0.25) is 17.7 Å². The van der Waals surface area contributed by atoms with Crippen LogP contribution in [0.15, 0.2) is 18.7 Å². The second-order valence-corrected chi connectivity index (χ2v) is 12.4. The van der Waals surface area contributed by atoms with Crippen molar-refractivity contribution in [2.45, 2.75) is 62.4 Å². The van der Waals surface area contributed by atoms with Gasteiger partial charge < -0.3 is 23.8 Å². The maximum absolute atomic E-state index is 14.1. The van der Waals surface area contributed by atoms with Crippen LogP contribution in [0.1, 0.15) is 50.9 Å². The molecule has 2 aliphatic heterocycles. The van der Waals surface area contributed by atoms with Gasteiger partial charge in [0.15, 0.2) is 33.0 Å². The van der Waals surface area contributed by atoms with Crippen LogP contribution in [0, 0.1) is 5.82 Å². The monoisotopic (exact) mass is 592 g/mol. The summed E-state index contributed by atoms with van der Waals surface area (Å²) in [4.78, 5) is 18.2. The third kappa shape index (κ3) is 6.23. The minimum Gasteiger partial charge on any atom is -0.479 e. The van der Waals surface area contributed by atoms with Crippen molar-refractivity contribution in [3.63, 3.8) is 0 Å². The summed E-state index contributed by atoms with van der Waals surface area (Å²) in [6.07, 6.45) is 4.21. The van der Waals surface area contributed by atoms with E-state index in [9.17, 15) is 12.8 Å². The van der Waals surface area contributed by atoms with Gasteiger partial charge in [0.25, 0.3) is 0 Å². The number of hydrogen-bond acceptors (Lipinski definition) is 13. The molecule has 5 rings (SSSR count). The Kier molecular flexibility index (Phi) is 8.60. The molecule has 2 aliphatic rings. The van der Waals surface area contributed by atoms with E-state index in [1.165, 1.54) is 20.5 Å². The van der Waals surface area contributed by atoms with E-state index in [1.807, 2.05) is 13.8 Å². The fourth-order valence-corrected chi connectivity index (χ4v) is 6.87. The lowest BCUT2D eigenvalue weighted by molar-refractivity contribution is 0.00143. The van der Waals surface area contributed by atoms with Gasteiger partial charge in [-0.2, -0.15) is 9.97 Å². The molecular weight excluding hydrogens is 559 g/mol. The fraction of sp³-hybridized carbons (Fsp3) is 0.600. The van der Waals surface area contributed by atoms with Crippen LogP contribution in [0.2, 0.25) is 0 Å². The average Bonchev–Trinajstić information content (AvgIpc) is 3.62. The van der Waals surface area contributed by atoms with E-state index in [1.54, 1.807) is 9.47 Å². The van der Waals surface area contributed by atoms with Crippen molar-refractivity contribution < 1.29 is 31.8 Å². The van der Waals surface area contributed by atoms with E-state index in [2.05, 4.69) is 30.1 Å². The topological polar surface area (TPSA) is 157 Å². The number of piperidine rings is 1. The van der Waals surface area contributed by atoms with Crippen molar-refractivity contribution in [3.05, 3.63) is 36.2 Å². The van der Waals surface area contributed by atoms with Crippen molar-refractivity contribution in [1.82, 2.24) is 34.7 Å². The summed E-state index contributed by atoms with van der Waals surface area (Å²) in [7, 11) is -0.981. The number of sulfone groups is 1. The van der Waals surface area contributed by atoms with Crippen LogP contribution < -0.4 is 14.4 Å². The second-order valence-electron chi connectivity index (χ2n) is 10.1. The molecule has 0 N–H and O–H groups in total. The fourth-order valence-electron chi connectivity index (χ4n) is 5.18. The summed E-state index contributed by atoms with van der Waals surface area (Å²) in [5.41, 5.74) is 0.282. The maximum Gasteiger partial charge on any atom is 0.245 e. The van der Waals surface area contributed by atoms with Gasteiger partial charge in [-0.1, -0.05) is 0 Å². The highest BCUT2D eigenvalue weighted by atomic mass is 32.2. The van der Waals surface area contributed by atoms with Crippen molar-refractivity contribution in [3.8, 4) is 17.4 Å². The quantitative estimate of drug-likeness (QED) is 0.336. The molecule has 2 saturated heterocycles. The van der Waals surface area contributed by atoms with Gasteiger partial charge in [0.1, 0.15) is 18.2 Å². The number of rotatable bonds is 10. The minimum absolute atomic E-state index is 0.0970. The van der Waals surface area contributed by atoms with Crippen LogP contribution in [0.3, 0.4) is 0 Å². The average molecular weight is 593 g/mol. The first-order chi connectivity index (χ1) is 19.7. The van der Waals surface area contributed by atoms with Gasteiger partial charge in [-0.05, 0) is 33.1 Å². The zero-order valence-corrected chi connectivity index (χ0v) is 24.1. The summed E-state index contributed by atoms with van der Waals surface area (Å²) < 4.78 is 66.1. The molecule has 16 heteroatoms. The highest BCUT2D eigenvalue weighted by molar-refractivity contribution is 7.91. The molecule has 0 bridgehead atoms. The third-order valence-corrected chi connectivity index (χ3v) is 8.92. The first-order valence-corrected chi connectivity index (χ1v) is 15.0. The number of hydrogen-bond donors (Lipinski definition) is 0. The van der Waals surface area contributed by atoms with Crippen LogP contribution in [-0.2, 0) is 25.1 Å². The molecule has 3 atom stereocenters. The van der Waals surface area contributed by atoms with Gasteiger partial charge in [-0.15, -0.1) is 10.2 Å². The van der Waals surface area contributed by atoms with Gasteiger partial charge in [-0.25, -0.2) is 22.8 Å². The first-order valence-electron chi connectivity index (χ1n) is 13.3. The highest BCUT2D eigenvalue weighted by Gasteiger charge is 2.39. The number of aromatic nitrogens is 7. The number of methoxy groups -OCH3 is 2. The molecule has 3 aromatic rings. The molecule has 0 spiro atoms. The van der Waals surface area contributed by atoms with E-state index in [4.69, 9.17) is 18.9 Å². The molecule has 0 aliphatic carbocycles. The molecule has 0 aromatic carbocycles. The Morgan fingerprint density at radius 3 is 2.39 bits per heavy atom. The van der Waals surface area contributed by atoms with Crippen LogP contribution in [0.4, 0.5) is 10.3 Å². The van der Waals surface area contributed by atoms with Gasteiger partial charge in [0, 0.05) is 19.7 Å². The van der Waals surface area contributed by atoms with Crippen molar-refractivity contribution in [2.75, 3.05) is 38.8 Å². The summed E-state index contributed by atoms with van der Waals surface area (Å²) in [5.74, 6) is 0.0638. The lowest BCUT2D eigenvalue weighted by Gasteiger charge is -2.38. The summed E-state index contributed by atoms with van der Waals surface area (Å²) in [5, 5.41) is 7.78.